The molecule has 0 saturated carbocycles. The number of hydrogen-bond donors (Lipinski definition) is 0. The lowest BCUT2D eigenvalue weighted by Gasteiger charge is -2.17. The maximum Gasteiger partial charge on any atom is 0.242 e. The predicted octanol–water partition coefficient (Wildman–Crippen LogP) is 2.16. The van der Waals surface area contributed by atoms with Crippen molar-refractivity contribution in [3.8, 4) is 0 Å². The van der Waals surface area contributed by atoms with Crippen molar-refractivity contribution in [3.63, 3.8) is 0 Å². The van der Waals surface area contributed by atoms with Gasteiger partial charge < -0.3 is 4.42 Å². The first-order valence-corrected chi connectivity index (χ1v) is 8.06. The Morgan fingerprint density at radius 2 is 1.81 bits per heavy atom. The summed E-state index contributed by atoms with van der Waals surface area (Å²) in [4.78, 5) is 2.39. The van der Waals surface area contributed by atoms with Gasteiger partial charge in [-0.3, -0.25) is 4.90 Å². The molecule has 21 heavy (non-hydrogen) atoms. The van der Waals surface area contributed by atoms with E-state index >= 15 is 0 Å². The van der Waals surface area contributed by atoms with Crippen LogP contribution in [0.5, 0.6) is 0 Å². The minimum Gasteiger partial charge on any atom is -0.468 e. The molecule has 0 unspecified atom stereocenters. The summed E-state index contributed by atoms with van der Waals surface area (Å²) < 4.78 is 30.8. The summed E-state index contributed by atoms with van der Waals surface area (Å²) in [7, 11) is 1.64. The summed E-state index contributed by atoms with van der Waals surface area (Å²) in [5, 5.41) is 0. The number of sulfonamides is 1. The smallest absolute Gasteiger partial charge is 0.242 e. The largest absolute Gasteiger partial charge is 0.468 e. The predicted molar refractivity (Wildman–Crippen MR) is 81.2 cm³/mol. The van der Waals surface area contributed by atoms with Gasteiger partial charge in [0.05, 0.1) is 17.7 Å². The number of rotatable bonds is 6. The summed E-state index contributed by atoms with van der Waals surface area (Å²) >= 11 is 0. The third-order valence-corrected chi connectivity index (χ3v) is 4.95. The Bertz CT molecular complexity index is 679. The molecule has 1 aromatic heterocycles. The van der Waals surface area contributed by atoms with Gasteiger partial charge in [-0.05, 0) is 36.9 Å². The van der Waals surface area contributed by atoms with Crippen LogP contribution in [0.15, 0.2) is 52.0 Å². The van der Waals surface area contributed by atoms with Crippen molar-refractivity contribution in [2.75, 3.05) is 21.1 Å². The Morgan fingerprint density at radius 1 is 1.05 bits per heavy atom. The van der Waals surface area contributed by atoms with E-state index in [1.165, 1.54) is 18.4 Å². The van der Waals surface area contributed by atoms with E-state index in [-0.39, 0.29) is 0 Å². The summed E-state index contributed by atoms with van der Waals surface area (Å²) in [6.45, 7) is 1.33. The van der Waals surface area contributed by atoms with E-state index in [2.05, 4.69) is 4.90 Å². The van der Waals surface area contributed by atoms with Crippen LogP contribution in [-0.2, 0) is 23.1 Å². The standard InChI is InChI=1S/C15H20N2O3S/c1-16(2)21(18,19)15-8-4-6-13(10-15)11-17(3)12-14-7-5-9-20-14/h4-10H,11-12H2,1-3H3. The molecule has 0 fully saturated rings. The highest BCUT2D eigenvalue weighted by atomic mass is 32.2. The fraction of sp³-hybridized carbons (Fsp3) is 0.333. The second kappa shape index (κ2) is 6.43. The zero-order valence-electron chi connectivity index (χ0n) is 12.5. The molecule has 1 heterocycles. The molecule has 0 radical (unpaired) electrons. The number of furan rings is 1. The highest BCUT2D eigenvalue weighted by Crippen LogP contribution is 2.16. The molecule has 0 aliphatic rings. The molecule has 2 rings (SSSR count). The van der Waals surface area contributed by atoms with E-state index in [1.54, 1.807) is 24.5 Å². The average Bonchev–Trinajstić information content (AvgIpc) is 2.91. The Labute approximate surface area is 125 Å². The number of benzene rings is 1. The van der Waals surface area contributed by atoms with E-state index in [1.807, 2.05) is 25.2 Å². The highest BCUT2D eigenvalue weighted by Gasteiger charge is 2.17. The highest BCUT2D eigenvalue weighted by molar-refractivity contribution is 7.89. The van der Waals surface area contributed by atoms with Crippen molar-refractivity contribution < 1.29 is 12.8 Å². The van der Waals surface area contributed by atoms with Crippen LogP contribution in [0.2, 0.25) is 0 Å². The van der Waals surface area contributed by atoms with E-state index in [0.29, 0.717) is 18.0 Å². The summed E-state index contributed by atoms with van der Waals surface area (Å²) in [5.41, 5.74) is 0.951. The average molecular weight is 308 g/mol. The van der Waals surface area contributed by atoms with Crippen molar-refractivity contribution in [2.24, 2.45) is 0 Å². The van der Waals surface area contributed by atoms with E-state index in [9.17, 15) is 8.42 Å². The molecule has 1 aromatic carbocycles. The second-order valence-electron chi connectivity index (χ2n) is 5.19. The summed E-state index contributed by atoms with van der Waals surface area (Å²) in [5.74, 6) is 0.884. The van der Waals surface area contributed by atoms with E-state index in [4.69, 9.17) is 4.42 Å². The van der Waals surface area contributed by atoms with Crippen LogP contribution in [-0.4, -0.2) is 38.8 Å². The molecule has 0 N–H and O–H groups in total. The summed E-state index contributed by atoms with van der Waals surface area (Å²) in [6.07, 6.45) is 1.65. The van der Waals surface area contributed by atoms with Crippen LogP contribution >= 0.6 is 0 Å². The first-order valence-electron chi connectivity index (χ1n) is 6.62. The van der Waals surface area contributed by atoms with Crippen LogP contribution in [0.3, 0.4) is 0 Å². The number of nitrogens with zero attached hydrogens (tertiary/aromatic N) is 2. The van der Waals surface area contributed by atoms with Gasteiger partial charge in [0.1, 0.15) is 5.76 Å². The molecular weight excluding hydrogens is 288 g/mol. The molecule has 0 spiro atoms. The van der Waals surface area contributed by atoms with Gasteiger partial charge in [-0.1, -0.05) is 12.1 Å². The quantitative estimate of drug-likeness (QED) is 0.820. The molecule has 0 amide bonds. The van der Waals surface area contributed by atoms with Gasteiger partial charge in [0.15, 0.2) is 0 Å². The fourth-order valence-electron chi connectivity index (χ4n) is 2.05. The van der Waals surface area contributed by atoms with Crippen LogP contribution in [0.4, 0.5) is 0 Å². The van der Waals surface area contributed by atoms with Gasteiger partial charge in [0, 0.05) is 20.6 Å². The number of hydrogen-bond acceptors (Lipinski definition) is 4. The van der Waals surface area contributed by atoms with Gasteiger partial charge in [0.2, 0.25) is 10.0 Å². The first-order chi connectivity index (χ1) is 9.89. The molecule has 0 aliphatic carbocycles. The minimum absolute atomic E-state index is 0.316. The Hall–Kier alpha value is -1.63. The monoisotopic (exact) mass is 308 g/mol. The zero-order valence-corrected chi connectivity index (χ0v) is 13.3. The molecule has 0 saturated heterocycles. The molecule has 2 aromatic rings. The van der Waals surface area contributed by atoms with Gasteiger partial charge >= 0.3 is 0 Å². The molecule has 0 atom stereocenters. The Morgan fingerprint density at radius 3 is 2.43 bits per heavy atom. The van der Waals surface area contributed by atoms with Crippen LogP contribution in [0.1, 0.15) is 11.3 Å². The van der Waals surface area contributed by atoms with Crippen molar-refractivity contribution in [1.82, 2.24) is 9.21 Å². The molecule has 0 bridgehead atoms. The van der Waals surface area contributed by atoms with Gasteiger partial charge in [-0.25, -0.2) is 12.7 Å². The maximum absolute atomic E-state index is 12.1. The van der Waals surface area contributed by atoms with Crippen molar-refractivity contribution in [3.05, 3.63) is 54.0 Å². The SMILES string of the molecule is CN(Cc1cccc(S(=O)(=O)N(C)C)c1)Cc1ccco1. The third kappa shape index (κ3) is 3.93. The van der Waals surface area contributed by atoms with Gasteiger partial charge in [-0.15, -0.1) is 0 Å². The lowest BCUT2D eigenvalue weighted by Crippen LogP contribution is -2.22. The third-order valence-electron chi connectivity index (χ3n) is 3.14. The zero-order chi connectivity index (χ0) is 15.5. The fourth-order valence-corrected chi connectivity index (χ4v) is 3.02. The van der Waals surface area contributed by atoms with Gasteiger partial charge in [0.25, 0.3) is 0 Å². The van der Waals surface area contributed by atoms with Crippen molar-refractivity contribution in [1.29, 1.82) is 0 Å². The van der Waals surface area contributed by atoms with Crippen LogP contribution in [0, 0.1) is 0 Å². The maximum atomic E-state index is 12.1. The van der Waals surface area contributed by atoms with Crippen molar-refractivity contribution >= 4 is 10.0 Å². The molecular formula is C15H20N2O3S. The Kier molecular flexibility index (Phi) is 4.82. The molecule has 6 heteroatoms. The molecule has 0 aliphatic heterocycles. The minimum atomic E-state index is -3.39. The van der Waals surface area contributed by atoms with E-state index < -0.39 is 10.0 Å². The lowest BCUT2D eigenvalue weighted by molar-refractivity contribution is 0.287. The topological polar surface area (TPSA) is 53.8 Å². The van der Waals surface area contributed by atoms with Gasteiger partial charge in [-0.2, -0.15) is 0 Å². The molecule has 5 nitrogen and oxygen atoms in total. The summed E-state index contributed by atoms with van der Waals surface area (Å²) in [6, 6.07) is 10.8. The first kappa shape index (κ1) is 15.8. The molecule has 114 valence electrons. The van der Waals surface area contributed by atoms with Crippen LogP contribution < -0.4 is 0 Å². The lowest BCUT2D eigenvalue weighted by atomic mass is 10.2. The van der Waals surface area contributed by atoms with Crippen LogP contribution in [0.25, 0.3) is 0 Å². The second-order valence-corrected chi connectivity index (χ2v) is 7.34. The Balaban J connectivity index is 2.11. The van der Waals surface area contributed by atoms with Crippen molar-refractivity contribution in [2.45, 2.75) is 18.0 Å². The van der Waals surface area contributed by atoms with E-state index in [0.717, 1.165) is 11.3 Å². The normalized spacial score (nSPS) is 12.2.